The van der Waals surface area contributed by atoms with E-state index in [0.717, 1.165) is 37.5 Å². The van der Waals surface area contributed by atoms with Crippen LogP contribution >= 0.6 is 11.8 Å². The molecule has 0 saturated carbocycles. The number of nitrogens with zero attached hydrogens (tertiary/aromatic N) is 1. The summed E-state index contributed by atoms with van der Waals surface area (Å²) < 4.78 is 5.72. The highest BCUT2D eigenvalue weighted by molar-refractivity contribution is 8.00. The zero-order chi connectivity index (χ0) is 10.7. The Morgan fingerprint density at radius 1 is 1.53 bits per heavy atom. The van der Waals surface area contributed by atoms with Gasteiger partial charge in [0, 0.05) is 36.7 Å². The van der Waals surface area contributed by atoms with Gasteiger partial charge in [0.2, 0.25) is 0 Å². The van der Waals surface area contributed by atoms with Crippen molar-refractivity contribution in [2.75, 3.05) is 39.0 Å². The zero-order valence-corrected chi connectivity index (χ0v) is 10.6. The first-order valence-corrected chi connectivity index (χ1v) is 6.94. The summed E-state index contributed by atoms with van der Waals surface area (Å²) in [5.74, 6) is 1.29. The molecule has 0 bridgehead atoms. The van der Waals surface area contributed by atoms with Crippen molar-refractivity contribution in [3.63, 3.8) is 0 Å². The minimum Gasteiger partial charge on any atom is -0.374 e. The van der Waals surface area contributed by atoms with Crippen LogP contribution in [0.15, 0.2) is 0 Å². The minimum absolute atomic E-state index is 0.393. The van der Waals surface area contributed by atoms with E-state index in [0.29, 0.717) is 6.10 Å². The van der Waals surface area contributed by atoms with Crippen molar-refractivity contribution < 1.29 is 4.74 Å². The van der Waals surface area contributed by atoms with Crippen LogP contribution in [0.4, 0.5) is 0 Å². The second-order valence-electron chi connectivity index (χ2n) is 4.67. The fourth-order valence-corrected chi connectivity index (χ4v) is 3.61. The van der Waals surface area contributed by atoms with Crippen molar-refractivity contribution in [2.45, 2.75) is 30.7 Å². The van der Waals surface area contributed by atoms with Gasteiger partial charge >= 0.3 is 0 Å². The normalized spacial score (nSPS) is 37.4. The molecular formula is C11H22N2OS. The lowest BCUT2D eigenvalue weighted by atomic mass is 10.1. The van der Waals surface area contributed by atoms with Crippen molar-refractivity contribution in [3.8, 4) is 0 Å². The monoisotopic (exact) mass is 230 g/mol. The molecule has 2 fully saturated rings. The highest BCUT2D eigenvalue weighted by Gasteiger charge is 2.27. The Labute approximate surface area is 96.9 Å². The molecule has 3 nitrogen and oxygen atoms in total. The Morgan fingerprint density at radius 2 is 2.40 bits per heavy atom. The van der Waals surface area contributed by atoms with Crippen LogP contribution in [0.3, 0.4) is 0 Å². The lowest BCUT2D eigenvalue weighted by molar-refractivity contribution is 0.00440. The van der Waals surface area contributed by atoms with Gasteiger partial charge in [-0.3, -0.25) is 4.90 Å². The molecule has 0 spiro atoms. The number of morpholine rings is 1. The van der Waals surface area contributed by atoms with Crippen LogP contribution in [0.5, 0.6) is 0 Å². The third-order valence-electron chi connectivity index (χ3n) is 3.30. The van der Waals surface area contributed by atoms with E-state index in [1.165, 1.54) is 12.2 Å². The molecule has 0 aromatic rings. The Balaban J connectivity index is 1.73. The first-order valence-electron chi connectivity index (χ1n) is 5.90. The van der Waals surface area contributed by atoms with E-state index in [-0.39, 0.29) is 0 Å². The zero-order valence-electron chi connectivity index (χ0n) is 9.74. The lowest BCUT2D eigenvalue weighted by Crippen LogP contribution is -2.46. The minimum atomic E-state index is 0.393. The van der Waals surface area contributed by atoms with Gasteiger partial charge in [-0.1, -0.05) is 6.92 Å². The summed E-state index contributed by atoms with van der Waals surface area (Å²) in [7, 11) is 2.24. The molecule has 0 aliphatic carbocycles. The maximum absolute atomic E-state index is 5.72. The Bertz CT molecular complexity index is 197. The van der Waals surface area contributed by atoms with E-state index in [2.05, 4.69) is 35.9 Å². The molecule has 88 valence electrons. The van der Waals surface area contributed by atoms with Gasteiger partial charge in [0.1, 0.15) is 0 Å². The molecule has 2 heterocycles. The average Bonchev–Trinajstić information content (AvgIpc) is 2.66. The predicted molar refractivity (Wildman–Crippen MR) is 65.6 cm³/mol. The van der Waals surface area contributed by atoms with Gasteiger partial charge in [-0.05, 0) is 13.5 Å². The second kappa shape index (κ2) is 5.53. The van der Waals surface area contributed by atoms with E-state index >= 15 is 0 Å². The number of hydrogen-bond acceptors (Lipinski definition) is 4. The highest BCUT2D eigenvalue weighted by atomic mass is 32.2. The van der Waals surface area contributed by atoms with E-state index in [1.807, 2.05) is 0 Å². The topological polar surface area (TPSA) is 24.5 Å². The van der Waals surface area contributed by atoms with Crippen LogP contribution in [0.25, 0.3) is 0 Å². The number of likely N-dealkylation sites (N-methyl/N-ethyl adjacent to an activating group) is 1. The van der Waals surface area contributed by atoms with Crippen molar-refractivity contribution in [3.05, 3.63) is 0 Å². The Hall–Kier alpha value is 0.230. The summed E-state index contributed by atoms with van der Waals surface area (Å²) in [6.45, 7) is 6.30. The third kappa shape index (κ3) is 3.34. The number of hydrogen-bond donors (Lipinski definition) is 1. The van der Waals surface area contributed by atoms with Crippen molar-refractivity contribution in [2.24, 2.45) is 0 Å². The fourth-order valence-electron chi connectivity index (χ4n) is 2.31. The Morgan fingerprint density at radius 3 is 3.00 bits per heavy atom. The van der Waals surface area contributed by atoms with Crippen LogP contribution in [0.1, 0.15) is 13.3 Å². The van der Waals surface area contributed by atoms with Crippen molar-refractivity contribution >= 4 is 11.8 Å². The number of rotatable bonds is 3. The second-order valence-corrected chi connectivity index (χ2v) is 6.14. The van der Waals surface area contributed by atoms with E-state index in [1.54, 1.807) is 0 Å². The number of nitrogens with one attached hydrogen (secondary N) is 1. The summed E-state index contributed by atoms with van der Waals surface area (Å²) in [5.41, 5.74) is 0. The van der Waals surface area contributed by atoms with Gasteiger partial charge in [-0.15, -0.1) is 0 Å². The summed E-state index contributed by atoms with van der Waals surface area (Å²) in [4.78, 5) is 2.48. The van der Waals surface area contributed by atoms with Crippen LogP contribution in [-0.2, 0) is 4.74 Å². The van der Waals surface area contributed by atoms with Crippen LogP contribution in [-0.4, -0.2) is 61.3 Å². The van der Waals surface area contributed by atoms with Crippen LogP contribution < -0.4 is 5.32 Å². The SMILES string of the molecule is CC1CC(N(C)CC2CNCCO2)CS1. The number of ether oxygens (including phenoxy) is 1. The Kier molecular flexibility index (Phi) is 4.31. The van der Waals surface area contributed by atoms with E-state index in [9.17, 15) is 0 Å². The molecule has 2 saturated heterocycles. The molecule has 0 aromatic heterocycles. The number of thioether (sulfide) groups is 1. The highest BCUT2D eigenvalue weighted by Crippen LogP contribution is 2.28. The maximum atomic E-state index is 5.72. The maximum Gasteiger partial charge on any atom is 0.0826 e. The van der Waals surface area contributed by atoms with Gasteiger partial charge in [0.15, 0.2) is 0 Å². The standard InChI is InChI=1S/C11H22N2OS/c1-9-5-10(8-15-9)13(2)7-11-6-12-3-4-14-11/h9-12H,3-8H2,1-2H3. The van der Waals surface area contributed by atoms with Crippen LogP contribution in [0.2, 0.25) is 0 Å². The third-order valence-corrected chi connectivity index (χ3v) is 4.64. The smallest absolute Gasteiger partial charge is 0.0826 e. The van der Waals surface area contributed by atoms with Crippen molar-refractivity contribution in [1.82, 2.24) is 10.2 Å². The summed E-state index contributed by atoms with van der Waals surface area (Å²) >= 11 is 2.10. The lowest BCUT2D eigenvalue weighted by Gasteiger charge is -2.31. The molecular weight excluding hydrogens is 208 g/mol. The van der Waals surface area contributed by atoms with Gasteiger partial charge < -0.3 is 10.1 Å². The van der Waals surface area contributed by atoms with Crippen LogP contribution in [0, 0.1) is 0 Å². The predicted octanol–water partition coefficient (Wildman–Crippen LogP) is 0.801. The molecule has 0 aromatic carbocycles. The largest absolute Gasteiger partial charge is 0.374 e. The average molecular weight is 230 g/mol. The summed E-state index contributed by atoms with van der Waals surface area (Å²) in [6.07, 6.45) is 1.73. The molecule has 1 N–H and O–H groups in total. The molecule has 2 rings (SSSR count). The molecule has 4 heteroatoms. The first-order chi connectivity index (χ1) is 7.25. The van der Waals surface area contributed by atoms with Gasteiger partial charge in [-0.25, -0.2) is 0 Å². The molecule has 0 amide bonds. The van der Waals surface area contributed by atoms with Crippen molar-refractivity contribution in [1.29, 1.82) is 0 Å². The summed E-state index contributed by atoms with van der Waals surface area (Å²) in [6, 6.07) is 0.760. The molecule has 3 unspecified atom stereocenters. The molecule has 15 heavy (non-hydrogen) atoms. The molecule has 0 radical (unpaired) electrons. The molecule has 2 aliphatic heterocycles. The van der Waals surface area contributed by atoms with E-state index < -0.39 is 0 Å². The van der Waals surface area contributed by atoms with Gasteiger partial charge in [0.05, 0.1) is 12.7 Å². The summed E-state index contributed by atoms with van der Waals surface area (Å²) in [5, 5.41) is 4.22. The first kappa shape index (κ1) is 11.7. The van der Waals surface area contributed by atoms with Gasteiger partial charge in [0.25, 0.3) is 0 Å². The quantitative estimate of drug-likeness (QED) is 0.775. The van der Waals surface area contributed by atoms with Gasteiger partial charge in [-0.2, -0.15) is 11.8 Å². The van der Waals surface area contributed by atoms with E-state index in [4.69, 9.17) is 4.74 Å². The fraction of sp³-hybridized carbons (Fsp3) is 1.00. The molecule has 3 atom stereocenters. The molecule has 2 aliphatic rings.